The van der Waals surface area contributed by atoms with Gasteiger partial charge < -0.3 is 5.11 Å². The molecule has 0 heterocycles. The first kappa shape index (κ1) is 10.2. The van der Waals surface area contributed by atoms with E-state index in [9.17, 15) is 5.11 Å². The second-order valence-electron chi connectivity index (χ2n) is 3.67. The zero-order valence-corrected chi connectivity index (χ0v) is 10.1. The first-order chi connectivity index (χ1) is 6.73. The maximum atomic E-state index is 10.5. The lowest BCUT2D eigenvalue weighted by molar-refractivity contribution is 0.0705. The van der Waals surface area contributed by atoms with Crippen molar-refractivity contribution in [1.29, 1.82) is 0 Å². The predicted molar refractivity (Wildman–Crippen MR) is 66.3 cm³/mol. The summed E-state index contributed by atoms with van der Waals surface area (Å²) in [4.78, 5) is 0. The van der Waals surface area contributed by atoms with Gasteiger partial charge in [0.15, 0.2) is 0 Å². The standard InChI is InChI=1S/C12H13IO/c13-11-8-4-5-9-12(11,14)10-6-2-1-3-7-10/h1-3,6-8,14H,4-5,9H2/t12-/m0/s1. The van der Waals surface area contributed by atoms with Gasteiger partial charge in [0.25, 0.3) is 0 Å². The van der Waals surface area contributed by atoms with E-state index in [1.165, 1.54) is 0 Å². The van der Waals surface area contributed by atoms with Crippen molar-refractivity contribution in [2.45, 2.75) is 24.9 Å². The number of rotatable bonds is 1. The molecule has 1 aromatic rings. The van der Waals surface area contributed by atoms with Gasteiger partial charge in [0.05, 0.1) is 0 Å². The summed E-state index contributed by atoms with van der Waals surface area (Å²) in [6, 6.07) is 9.93. The van der Waals surface area contributed by atoms with Gasteiger partial charge in [0, 0.05) is 3.58 Å². The van der Waals surface area contributed by atoms with Crippen molar-refractivity contribution in [2.24, 2.45) is 0 Å². The molecule has 0 fully saturated rings. The number of aliphatic hydroxyl groups is 1. The second-order valence-corrected chi connectivity index (χ2v) is 4.83. The zero-order valence-electron chi connectivity index (χ0n) is 7.91. The third-order valence-electron chi connectivity index (χ3n) is 2.71. The van der Waals surface area contributed by atoms with Crippen LogP contribution >= 0.6 is 22.6 Å². The molecule has 2 rings (SSSR count). The first-order valence-corrected chi connectivity index (χ1v) is 5.95. The molecule has 0 bridgehead atoms. The Kier molecular flexibility index (Phi) is 2.93. The molecule has 0 saturated heterocycles. The second kappa shape index (κ2) is 4.03. The van der Waals surface area contributed by atoms with E-state index in [1.54, 1.807) is 0 Å². The van der Waals surface area contributed by atoms with Crippen LogP contribution in [0.1, 0.15) is 24.8 Å². The Morgan fingerprint density at radius 3 is 2.57 bits per heavy atom. The highest BCUT2D eigenvalue weighted by Gasteiger charge is 2.33. The number of halogens is 1. The van der Waals surface area contributed by atoms with Crippen molar-refractivity contribution in [3.05, 3.63) is 45.6 Å². The van der Waals surface area contributed by atoms with E-state index in [1.807, 2.05) is 30.3 Å². The lowest BCUT2D eigenvalue weighted by atomic mass is 9.85. The monoisotopic (exact) mass is 300 g/mol. The minimum Gasteiger partial charge on any atom is -0.380 e. The molecule has 0 radical (unpaired) electrons. The molecule has 0 amide bonds. The van der Waals surface area contributed by atoms with Gasteiger partial charge in [-0.1, -0.05) is 36.4 Å². The van der Waals surface area contributed by atoms with Crippen LogP contribution < -0.4 is 0 Å². The van der Waals surface area contributed by atoms with Crippen molar-refractivity contribution >= 4 is 22.6 Å². The van der Waals surface area contributed by atoms with E-state index < -0.39 is 5.60 Å². The zero-order chi connectivity index (χ0) is 10.0. The van der Waals surface area contributed by atoms with Gasteiger partial charge in [-0.15, -0.1) is 0 Å². The number of hydrogen-bond acceptors (Lipinski definition) is 1. The Hall–Kier alpha value is -0.350. The molecule has 1 aliphatic carbocycles. The highest BCUT2D eigenvalue weighted by Crippen LogP contribution is 2.41. The fourth-order valence-corrected chi connectivity index (χ4v) is 2.76. The van der Waals surface area contributed by atoms with Gasteiger partial charge in [-0.05, 0) is 47.4 Å². The quantitative estimate of drug-likeness (QED) is 0.788. The lowest BCUT2D eigenvalue weighted by Gasteiger charge is -2.31. The topological polar surface area (TPSA) is 20.2 Å². The van der Waals surface area contributed by atoms with E-state index >= 15 is 0 Å². The fraction of sp³-hybridized carbons (Fsp3) is 0.333. The molecule has 1 aromatic carbocycles. The molecule has 0 aliphatic heterocycles. The Bertz CT molecular complexity index is 345. The Labute approximate surface area is 98.0 Å². The van der Waals surface area contributed by atoms with Crippen molar-refractivity contribution in [2.75, 3.05) is 0 Å². The molecular formula is C12H13IO. The molecule has 1 aliphatic rings. The molecule has 14 heavy (non-hydrogen) atoms. The molecule has 0 saturated carbocycles. The summed E-state index contributed by atoms with van der Waals surface area (Å²) in [6.45, 7) is 0. The number of benzene rings is 1. The molecule has 2 heteroatoms. The van der Waals surface area contributed by atoms with Crippen LogP contribution in [0.3, 0.4) is 0 Å². The van der Waals surface area contributed by atoms with E-state index in [2.05, 4.69) is 28.7 Å². The molecular weight excluding hydrogens is 287 g/mol. The van der Waals surface area contributed by atoms with Gasteiger partial charge in [-0.2, -0.15) is 0 Å². The van der Waals surface area contributed by atoms with Crippen LogP contribution in [0.4, 0.5) is 0 Å². The lowest BCUT2D eigenvalue weighted by Crippen LogP contribution is -2.27. The van der Waals surface area contributed by atoms with Crippen molar-refractivity contribution < 1.29 is 5.11 Å². The summed E-state index contributed by atoms with van der Waals surface area (Å²) in [5, 5.41) is 10.5. The van der Waals surface area contributed by atoms with E-state index in [4.69, 9.17) is 0 Å². The van der Waals surface area contributed by atoms with Gasteiger partial charge in [-0.3, -0.25) is 0 Å². The average molecular weight is 300 g/mol. The third-order valence-corrected chi connectivity index (χ3v) is 4.05. The van der Waals surface area contributed by atoms with Crippen LogP contribution in [-0.2, 0) is 5.60 Å². The van der Waals surface area contributed by atoms with Crippen LogP contribution in [0.5, 0.6) is 0 Å². The predicted octanol–water partition coefficient (Wildman–Crippen LogP) is 3.38. The molecule has 1 nitrogen and oxygen atoms in total. The van der Waals surface area contributed by atoms with Crippen LogP contribution in [0.15, 0.2) is 40.0 Å². The Balaban J connectivity index is 2.41. The highest BCUT2D eigenvalue weighted by molar-refractivity contribution is 14.1. The van der Waals surface area contributed by atoms with E-state index in [0.29, 0.717) is 0 Å². The van der Waals surface area contributed by atoms with Crippen LogP contribution in [0.2, 0.25) is 0 Å². The molecule has 1 atom stereocenters. The van der Waals surface area contributed by atoms with Crippen molar-refractivity contribution in [3.8, 4) is 0 Å². The molecule has 0 unspecified atom stereocenters. The van der Waals surface area contributed by atoms with Crippen LogP contribution in [0, 0.1) is 0 Å². The fourth-order valence-electron chi connectivity index (χ4n) is 1.87. The molecule has 0 aromatic heterocycles. The summed E-state index contributed by atoms with van der Waals surface area (Å²) in [6.07, 6.45) is 5.13. The Morgan fingerprint density at radius 2 is 1.93 bits per heavy atom. The average Bonchev–Trinajstić information content (AvgIpc) is 2.24. The molecule has 74 valence electrons. The van der Waals surface area contributed by atoms with Gasteiger partial charge in [-0.25, -0.2) is 0 Å². The van der Waals surface area contributed by atoms with Gasteiger partial charge in [0.2, 0.25) is 0 Å². The minimum atomic E-state index is -0.722. The van der Waals surface area contributed by atoms with E-state index in [0.717, 1.165) is 28.4 Å². The molecule has 1 N–H and O–H groups in total. The summed E-state index contributed by atoms with van der Waals surface area (Å²) in [5.74, 6) is 0. The normalized spacial score (nSPS) is 27.1. The van der Waals surface area contributed by atoms with E-state index in [-0.39, 0.29) is 0 Å². The maximum absolute atomic E-state index is 10.5. The maximum Gasteiger partial charge on any atom is 0.120 e. The minimum absolute atomic E-state index is 0.722. The van der Waals surface area contributed by atoms with Crippen molar-refractivity contribution in [3.63, 3.8) is 0 Å². The van der Waals surface area contributed by atoms with Crippen LogP contribution in [0.25, 0.3) is 0 Å². The van der Waals surface area contributed by atoms with Crippen LogP contribution in [-0.4, -0.2) is 5.11 Å². The summed E-state index contributed by atoms with van der Waals surface area (Å²) < 4.78 is 1.06. The highest BCUT2D eigenvalue weighted by atomic mass is 127. The van der Waals surface area contributed by atoms with Gasteiger partial charge >= 0.3 is 0 Å². The largest absolute Gasteiger partial charge is 0.380 e. The van der Waals surface area contributed by atoms with Crippen molar-refractivity contribution in [1.82, 2.24) is 0 Å². The summed E-state index contributed by atoms with van der Waals surface area (Å²) in [7, 11) is 0. The summed E-state index contributed by atoms with van der Waals surface area (Å²) >= 11 is 2.25. The number of hydrogen-bond donors (Lipinski definition) is 1. The first-order valence-electron chi connectivity index (χ1n) is 4.87. The SMILES string of the molecule is O[C@]1(c2ccccc2)CCCC=C1I. The third kappa shape index (κ3) is 1.73. The van der Waals surface area contributed by atoms with Gasteiger partial charge in [0.1, 0.15) is 5.60 Å². The summed E-state index contributed by atoms with van der Waals surface area (Å²) in [5.41, 5.74) is 0.292. The Morgan fingerprint density at radius 1 is 1.21 bits per heavy atom. The smallest absolute Gasteiger partial charge is 0.120 e. The molecule has 0 spiro atoms. The number of allylic oxidation sites excluding steroid dienone is 1.